The van der Waals surface area contributed by atoms with Crippen molar-refractivity contribution in [2.45, 2.75) is 57.7 Å². The molecule has 4 heteroatoms. The Labute approximate surface area is 152 Å². The third-order valence-electron chi connectivity index (χ3n) is 5.72. The number of rotatable bonds is 4. The van der Waals surface area contributed by atoms with Crippen molar-refractivity contribution in [1.82, 2.24) is 14.7 Å². The van der Waals surface area contributed by atoms with Gasteiger partial charge in [0, 0.05) is 37.3 Å². The SMILES string of the molecule is Cc1ccc(C(CN(C)C)C(=O)N2C3CC2CN(C(C)(C)C)C3)cc1. The molecule has 1 amide bonds. The van der Waals surface area contributed by atoms with Crippen LogP contribution in [0, 0.1) is 6.92 Å². The molecule has 2 saturated heterocycles. The third-order valence-corrected chi connectivity index (χ3v) is 5.72. The molecule has 138 valence electrons. The second-order valence-corrected chi connectivity index (χ2v) is 9.09. The molecule has 4 nitrogen and oxygen atoms in total. The van der Waals surface area contributed by atoms with E-state index in [1.54, 1.807) is 0 Å². The molecule has 1 aromatic carbocycles. The quantitative estimate of drug-likeness (QED) is 0.841. The third kappa shape index (κ3) is 3.75. The number of piperazine rings is 1. The van der Waals surface area contributed by atoms with E-state index in [0.29, 0.717) is 18.0 Å². The van der Waals surface area contributed by atoms with Crippen LogP contribution in [0.5, 0.6) is 0 Å². The molecule has 3 rings (SSSR count). The van der Waals surface area contributed by atoms with Gasteiger partial charge in [0.05, 0.1) is 5.92 Å². The number of piperidine rings is 1. The maximum Gasteiger partial charge on any atom is 0.232 e. The number of amides is 1. The molecule has 25 heavy (non-hydrogen) atoms. The number of aryl methyl sites for hydroxylation is 1. The summed E-state index contributed by atoms with van der Waals surface area (Å²) < 4.78 is 0. The Morgan fingerprint density at radius 3 is 2.20 bits per heavy atom. The highest BCUT2D eigenvalue weighted by Crippen LogP contribution is 2.37. The molecule has 0 spiro atoms. The molecule has 2 aliphatic rings. The second kappa shape index (κ2) is 6.73. The zero-order valence-electron chi connectivity index (χ0n) is 16.6. The fourth-order valence-electron chi connectivity index (χ4n) is 4.19. The number of likely N-dealkylation sites (N-methyl/N-ethyl adjacent to an activating group) is 1. The van der Waals surface area contributed by atoms with Crippen LogP contribution in [0.4, 0.5) is 0 Å². The maximum absolute atomic E-state index is 13.4. The molecule has 3 atom stereocenters. The van der Waals surface area contributed by atoms with Crippen LogP contribution in [0.1, 0.15) is 44.2 Å². The van der Waals surface area contributed by atoms with Crippen LogP contribution in [0.25, 0.3) is 0 Å². The first-order valence-electron chi connectivity index (χ1n) is 9.45. The summed E-state index contributed by atoms with van der Waals surface area (Å²) in [5.74, 6) is 0.245. The summed E-state index contributed by atoms with van der Waals surface area (Å²) in [6, 6.07) is 9.25. The van der Waals surface area contributed by atoms with Crippen LogP contribution in [0.3, 0.4) is 0 Å². The monoisotopic (exact) mass is 343 g/mol. The Hall–Kier alpha value is -1.39. The van der Waals surface area contributed by atoms with Crippen molar-refractivity contribution in [2.75, 3.05) is 33.7 Å². The zero-order valence-corrected chi connectivity index (χ0v) is 16.6. The Kier molecular flexibility index (Phi) is 4.95. The van der Waals surface area contributed by atoms with Crippen LogP contribution in [-0.2, 0) is 4.79 Å². The first kappa shape index (κ1) is 18.4. The van der Waals surface area contributed by atoms with Gasteiger partial charge in [-0.15, -0.1) is 0 Å². The lowest BCUT2D eigenvalue weighted by Gasteiger charge is -2.59. The van der Waals surface area contributed by atoms with Crippen LogP contribution in [-0.4, -0.2) is 72.0 Å². The van der Waals surface area contributed by atoms with Gasteiger partial charge in [0.15, 0.2) is 0 Å². The van der Waals surface area contributed by atoms with Gasteiger partial charge in [-0.25, -0.2) is 0 Å². The van der Waals surface area contributed by atoms with Gasteiger partial charge in [0.25, 0.3) is 0 Å². The van der Waals surface area contributed by atoms with Crippen molar-refractivity contribution in [3.63, 3.8) is 0 Å². The minimum atomic E-state index is -0.0675. The number of likely N-dealkylation sites (tertiary alicyclic amines) is 2. The van der Waals surface area contributed by atoms with E-state index in [1.165, 1.54) is 12.0 Å². The van der Waals surface area contributed by atoms with Crippen molar-refractivity contribution >= 4 is 5.91 Å². The molecular weight excluding hydrogens is 310 g/mol. The molecule has 1 aromatic rings. The van der Waals surface area contributed by atoms with Gasteiger partial charge in [0.1, 0.15) is 0 Å². The Morgan fingerprint density at radius 1 is 1.16 bits per heavy atom. The van der Waals surface area contributed by atoms with Crippen molar-refractivity contribution in [3.05, 3.63) is 35.4 Å². The summed E-state index contributed by atoms with van der Waals surface area (Å²) >= 11 is 0. The standard InChI is InChI=1S/C21H33N3O/c1-15-7-9-16(10-8-15)19(14-22(5)6)20(25)24-17-11-18(24)13-23(12-17)21(2,3)4/h7-10,17-19H,11-14H2,1-6H3. The molecule has 3 unspecified atom stereocenters. The molecule has 0 radical (unpaired) electrons. The minimum Gasteiger partial charge on any atom is -0.333 e. The van der Waals surface area contributed by atoms with Crippen molar-refractivity contribution in [3.8, 4) is 0 Å². The minimum absolute atomic E-state index is 0.0675. The predicted octanol–water partition coefficient (Wildman–Crippen LogP) is 2.72. The van der Waals surface area contributed by atoms with E-state index in [9.17, 15) is 4.79 Å². The van der Waals surface area contributed by atoms with E-state index in [-0.39, 0.29) is 11.5 Å². The molecule has 0 saturated carbocycles. The summed E-state index contributed by atoms with van der Waals surface area (Å²) in [5.41, 5.74) is 2.56. The highest BCUT2D eigenvalue weighted by atomic mass is 16.2. The van der Waals surface area contributed by atoms with Crippen LogP contribution in [0.2, 0.25) is 0 Å². The number of hydrogen-bond acceptors (Lipinski definition) is 3. The summed E-state index contributed by atoms with van der Waals surface area (Å²) in [5, 5.41) is 0. The van der Waals surface area contributed by atoms with E-state index in [0.717, 1.165) is 25.2 Å². The molecule has 0 aromatic heterocycles. The van der Waals surface area contributed by atoms with E-state index in [1.807, 2.05) is 14.1 Å². The van der Waals surface area contributed by atoms with Crippen LogP contribution in [0.15, 0.2) is 24.3 Å². The fraction of sp³-hybridized carbons (Fsp3) is 0.667. The van der Waals surface area contributed by atoms with E-state index in [4.69, 9.17) is 0 Å². The normalized spacial score (nSPS) is 25.0. The van der Waals surface area contributed by atoms with Gasteiger partial charge >= 0.3 is 0 Å². The van der Waals surface area contributed by atoms with Gasteiger partial charge in [-0.3, -0.25) is 9.69 Å². The number of hydrogen-bond donors (Lipinski definition) is 0. The topological polar surface area (TPSA) is 26.8 Å². The summed E-state index contributed by atoms with van der Waals surface area (Å²) in [4.78, 5) is 20.2. The van der Waals surface area contributed by atoms with E-state index < -0.39 is 0 Å². The van der Waals surface area contributed by atoms with E-state index in [2.05, 4.69) is 66.7 Å². The van der Waals surface area contributed by atoms with Gasteiger partial charge in [-0.2, -0.15) is 0 Å². The molecule has 2 heterocycles. The molecule has 2 fully saturated rings. The molecule has 2 aliphatic heterocycles. The van der Waals surface area contributed by atoms with Crippen LogP contribution >= 0.6 is 0 Å². The number of benzene rings is 1. The van der Waals surface area contributed by atoms with Gasteiger partial charge in [-0.05, 0) is 53.8 Å². The summed E-state index contributed by atoms with van der Waals surface area (Å²) in [6.45, 7) is 11.7. The number of fused-ring (bicyclic) bond motifs is 2. The fourth-order valence-corrected chi connectivity index (χ4v) is 4.19. The average molecular weight is 344 g/mol. The Bertz CT molecular complexity index is 605. The summed E-state index contributed by atoms with van der Waals surface area (Å²) in [7, 11) is 4.10. The highest BCUT2D eigenvalue weighted by Gasteiger charge is 2.50. The lowest BCUT2D eigenvalue weighted by atomic mass is 9.82. The number of carbonyl (C=O) groups is 1. The summed E-state index contributed by atoms with van der Waals surface area (Å²) in [6.07, 6.45) is 1.17. The first-order chi connectivity index (χ1) is 11.7. The van der Waals surface area contributed by atoms with E-state index >= 15 is 0 Å². The largest absolute Gasteiger partial charge is 0.333 e. The van der Waals surface area contributed by atoms with Gasteiger partial charge in [0.2, 0.25) is 5.91 Å². The van der Waals surface area contributed by atoms with Crippen molar-refractivity contribution < 1.29 is 4.79 Å². The molecule has 0 N–H and O–H groups in total. The average Bonchev–Trinajstić information content (AvgIpc) is 2.52. The molecule has 0 aliphatic carbocycles. The number of carbonyl (C=O) groups excluding carboxylic acids is 1. The molecule has 2 bridgehead atoms. The highest BCUT2D eigenvalue weighted by molar-refractivity contribution is 5.85. The molecular formula is C21H33N3O. The Morgan fingerprint density at radius 2 is 1.72 bits per heavy atom. The van der Waals surface area contributed by atoms with Crippen LogP contribution < -0.4 is 0 Å². The Balaban J connectivity index is 1.77. The lowest BCUT2D eigenvalue weighted by Crippen LogP contribution is -2.73. The first-order valence-corrected chi connectivity index (χ1v) is 9.45. The second-order valence-electron chi connectivity index (χ2n) is 9.09. The van der Waals surface area contributed by atoms with Gasteiger partial charge in [-0.1, -0.05) is 29.8 Å². The van der Waals surface area contributed by atoms with Gasteiger partial charge < -0.3 is 9.80 Å². The predicted molar refractivity (Wildman–Crippen MR) is 103 cm³/mol. The zero-order chi connectivity index (χ0) is 18.4. The lowest BCUT2D eigenvalue weighted by molar-refractivity contribution is -0.160. The van der Waals surface area contributed by atoms with Crippen molar-refractivity contribution in [2.24, 2.45) is 0 Å². The maximum atomic E-state index is 13.4. The number of nitrogens with zero attached hydrogens (tertiary/aromatic N) is 3. The smallest absolute Gasteiger partial charge is 0.232 e. The van der Waals surface area contributed by atoms with Crippen molar-refractivity contribution in [1.29, 1.82) is 0 Å².